The van der Waals surface area contributed by atoms with Crippen molar-refractivity contribution >= 4 is 15.9 Å². The Balaban J connectivity index is 2.24. The molecular formula is C15H17FN2O4S. The summed E-state index contributed by atoms with van der Waals surface area (Å²) in [7, 11) is -4.31. The lowest BCUT2D eigenvalue weighted by molar-refractivity contribution is -0.131. The number of carbonyl (C=O) groups excluding carboxylic acids is 1. The van der Waals surface area contributed by atoms with E-state index in [-0.39, 0.29) is 12.2 Å². The summed E-state index contributed by atoms with van der Waals surface area (Å²) in [4.78, 5) is 11.7. The van der Waals surface area contributed by atoms with Crippen molar-refractivity contribution in [2.75, 3.05) is 0 Å². The zero-order valence-corrected chi connectivity index (χ0v) is 13.6. The maximum absolute atomic E-state index is 13.6. The van der Waals surface area contributed by atoms with Gasteiger partial charge in [0.15, 0.2) is 0 Å². The monoisotopic (exact) mass is 340 g/mol. The van der Waals surface area contributed by atoms with Crippen LogP contribution in [0.5, 0.6) is 0 Å². The molecule has 1 N–H and O–H groups in total. The number of carbonyl (C=O) groups is 1. The number of benzene rings is 1. The molecule has 6 nitrogen and oxygen atoms in total. The molecule has 0 spiro atoms. The van der Waals surface area contributed by atoms with Gasteiger partial charge in [-0.2, -0.15) is 5.26 Å². The molecule has 1 saturated heterocycles. The SMILES string of the molecule is C[C@@H]1CC(C(=O)NS(=O)(=O)c2cccc(F)c2C#N)C[C@@H](C)O1. The third-order valence-electron chi connectivity index (χ3n) is 3.68. The van der Waals surface area contributed by atoms with E-state index in [1.165, 1.54) is 12.1 Å². The van der Waals surface area contributed by atoms with Crippen molar-refractivity contribution < 1.29 is 22.3 Å². The van der Waals surface area contributed by atoms with Crippen molar-refractivity contribution in [1.29, 1.82) is 5.26 Å². The highest BCUT2D eigenvalue weighted by Crippen LogP contribution is 2.26. The number of nitrogens with zero attached hydrogens (tertiary/aromatic N) is 1. The van der Waals surface area contributed by atoms with E-state index in [9.17, 15) is 17.6 Å². The number of hydrogen-bond acceptors (Lipinski definition) is 5. The Morgan fingerprint density at radius 3 is 2.52 bits per heavy atom. The number of nitrogens with one attached hydrogen (secondary N) is 1. The van der Waals surface area contributed by atoms with E-state index in [4.69, 9.17) is 10.00 Å². The van der Waals surface area contributed by atoms with E-state index in [0.717, 1.165) is 12.1 Å². The average molecular weight is 340 g/mol. The first-order chi connectivity index (χ1) is 10.7. The van der Waals surface area contributed by atoms with Crippen LogP contribution in [0.1, 0.15) is 32.3 Å². The molecule has 124 valence electrons. The van der Waals surface area contributed by atoms with Crippen LogP contribution in [0.25, 0.3) is 0 Å². The minimum Gasteiger partial charge on any atom is -0.376 e. The van der Waals surface area contributed by atoms with Gasteiger partial charge in [0, 0.05) is 5.92 Å². The fourth-order valence-electron chi connectivity index (χ4n) is 2.73. The van der Waals surface area contributed by atoms with Crippen LogP contribution in [-0.2, 0) is 19.6 Å². The third-order valence-corrected chi connectivity index (χ3v) is 5.07. The summed E-state index contributed by atoms with van der Waals surface area (Å²) < 4.78 is 45.6. The van der Waals surface area contributed by atoms with Crippen LogP contribution in [0.4, 0.5) is 4.39 Å². The molecule has 1 amide bonds. The second-order valence-electron chi connectivity index (χ2n) is 5.62. The number of amides is 1. The molecule has 0 aromatic heterocycles. The lowest BCUT2D eigenvalue weighted by atomic mass is 9.92. The molecule has 0 radical (unpaired) electrons. The average Bonchev–Trinajstić information content (AvgIpc) is 2.45. The van der Waals surface area contributed by atoms with Gasteiger partial charge < -0.3 is 4.74 Å². The Kier molecular flexibility index (Phi) is 5.02. The quantitative estimate of drug-likeness (QED) is 0.903. The van der Waals surface area contributed by atoms with Crippen molar-refractivity contribution in [2.24, 2.45) is 5.92 Å². The molecule has 23 heavy (non-hydrogen) atoms. The van der Waals surface area contributed by atoms with Crippen molar-refractivity contribution in [3.63, 3.8) is 0 Å². The molecule has 8 heteroatoms. The van der Waals surface area contributed by atoms with Gasteiger partial charge in [-0.3, -0.25) is 4.79 Å². The summed E-state index contributed by atoms with van der Waals surface area (Å²) in [6.07, 6.45) is 0.502. The molecule has 0 aliphatic carbocycles. The van der Waals surface area contributed by atoms with Crippen molar-refractivity contribution in [3.8, 4) is 6.07 Å². The topological polar surface area (TPSA) is 96.3 Å². The van der Waals surface area contributed by atoms with Gasteiger partial charge in [0.2, 0.25) is 5.91 Å². The van der Waals surface area contributed by atoms with Crippen molar-refractivity contribution in [2.45, 2.75) is 43.8 Å². The molecule has 1 aromatic rings. The normalized spacial score (nSPS) is 24.7. The molecule has 1 fully saturated rings. The molecular weight excluding hydrogens is 323 g/mol. The Morgan fingerprint density at radius 1 is 1.35 bits per heavy atom. The van der Waals surface area contributed by atoms with E-state index in [2.05, 4.69) is 0 Å². The van der Waals surface area contributed by atoms with Gasteiger partial charge in [-0.05, 0) is 38.8 Å². The van der Waals surface area contributed by atoms with Crippen molar-refractivity contribution in [1.82, 2.24) is 4.72 Å². The van der Waals surface area contributed by atoms with Gasteiger partial charge in [0.25, 0.3) is 10.0 Å². The number of ether oxygens (including phenoxy) is 1. The summed E-state index contributed by atoms with van der Waals surface area (Å²) in [5.74, 6) is -2.13. The second-order valence-corrected chi connectivity index (χ2v) is 7.27. The van der Waals surface area contributed by atoms with Crippen LogP contribution in [-0.4, -0.2) is 26.5 Å². The smallest absolute Gasteiger partial charge is 0.265 e. The van der Waals surface area contributed by atoms with E-state index in [0.29, 0.717) is 12.8 Å². The minimum atomic E-state index is -4.31. The highest BCUT2D eigenvalue weighted by atomic mass is 32.2. The lowest BCUT2D eigenvalue weighted by Crippen LogP contribution is -2.41. The maximum atomic E-state index is 13.6. The first kappa shape index (κ1) is 17.4. The molecule has 2 atom stereocenters. The summed E-state index contributed by atoms with van der Waals surface area (Å²) in [6, 6.07) is 4.76. The lowest BCUT2D eigenvalue weighted by Gasteiger charge is -2.31. The van der Waals surface area contributed by atoms with E-state index in [1.54, 1.807) is 0 Å². The van der Waals surface area contributed by atoms with Crippen LogP contribution in [0.3, 0.4) is 0 Å². The Hall–Kier alpha value is -1.98. The molecule has 0 bridgehead atoms. The first-order valence-electron chi connectivity index (χ1n) is 7.15. The zero-order valence-electron chi connectivity index (χ0n) is 12.7. The molecule has 0 saturated carbocycles. The highest BCUT2D eigenvalue weighted by Gasteiger charge is 2.32. The van der Waals surface area contributed by atoms with Crippen molar-refractivity contribution in [3.05, 3.63) is 29.6 Å². The van der Waals surface area contributed by atoms with Crippen LogP contribution in [0, 0.1) is 23.1 Å². The molecule has 1 aliphatic heterocycles. The van der Waals surface area contributed by atoms with Gasteiger partial charge in [0.1, 0.15) is 22.3 Å². The third kappa shape index (κ3) is 3.86. The van der Waals surface area contributed by atoms with Gasteiger partial charge in [0.05, 0.1) is 12.2 Å². The Labute approximate surface area is 134 Å². The van der Waals surface area contributed by atoms with E-state index < -0.39 is 38.1 Å². The second kappa shape index (κ2) is 6.64. The largest absolute Gasteiger partial charge is 0.376 e. The number of halogens is 1. The van der Waals surface area contributed by atoms with Gasteiger partial charge in [-0.15, -0.1) is 0 Å². The van der Waals surface area contributed by atoms with Gasteiger partial charge in [-0.1, -0.05) is 6.07 Å². The van der Waals surface area contributed by atoms with Gasteiger partial charge in [-0.25, -0.2) is 17.5 Å². The fraction of sp³-hybridized carbons (Fsp3) is 0.467. The summed E-state index contributed by atoms with van der Waals surface area (Å²) in [5.41, 5.74) is -0.610. The number of nitriles is 1. The molecule has 0 unspecified atom stereocenters. The first-order valence-corrected chi connectivity index (χ1v) is 8.63. The van der Waals surface area contributed by atoms with Crippen LogP contribution < -0.4 is 4.72 Å². The Morgan fingerprint density at radius 2 is 1.96 bits per heavy atom. The predicted octanol–water partition coefficient (Wildman–Crippen LogP) is 1.71. The van der Waals surface area contributed by atoms with Gasteiger partial charge >= 0.3 is 0 Å². The summed E-state index contributed by atoms with van der Waals surface area (Å²) >= 11 is 0. The predicted molar refractivity (Wildman–Crippen MR) is 79.2 cm³/mol. The molecule has 1 aliphatic rings. The fourth-order valence-corrected chi connectivity index (χ4v) is 3.94. The molecule has 2 rings (SSSR count). The maximum Gasteiger partial charge on any atom is 0.265 e. The summed E-state index contributed by atoms with van der Waals surface area (Å²) in [6.45, 7) is 3.62. The van der Waals surface area contributed by atoms with Crippen LogP contribution in [0.15, 0.2) is 23.1 Å². The molecule has 1 heterocycles. The van der Waals surface area contributed by atoms with E-state index >= 15 is 0 Å². The van der Waals surface area contributed by atoms with E-state index in [1.807, 2.05) is 18.6 Å². The standard InChI is InChI=1S/C15H17FN2O4S/c1-9-6-11(7-10(2)22-9)15(19)18-23(20,21)14-5-3-4-13(16)12(14)8-17/h3-5,9-11H,6-7H2,1-2H3,(H,18,19)/t9-,10-/m1/s1. The van der Waals surface area contributed by atoms with Crippen LogP contribution in [0.2, 0.25) is 0 Å². The number of hydrogen-bond donors (Lipinski definition) is 1. The molecule has 1 aromatic carbocycles. The van der Waals surface area contributed by atoms with Crippen LogP contribution >= 0.6 is 0 Å². The summed E-state index contributed by atoms with van der Waals surface area (Å²) in [5, 5.41) is 8.93. The highest BCUT2D eigenvalue weighted by molar-refractivity contribution is 7.90. The minimum absolute atomic E-state index is 0.152. The Bertz CT molecular complexity index is 747. The zero-order chi connectivity index (χ0) is 17.2. The number of rotatable bonds is 3. The number of sulfonamides is 1.